The maximum atomic E-state index is 13.2. The first-order chi connectivity index (χ1) is 7.66. The lowest BCUT2D eigenvalue weighted by molar-refractivity contribution is 0.388. The van der Waals surface area contributed by atoms with Crippen LogP contribution in [0.25, 0.3) is 0 Å². The normalized spacial score (nSPS) is 10.4. The molecular weight excluding hydrogens is 216 g/mol. The van der Waals surface area contributed by atoms with E-state index in [1.165, 1.54) is 18.2 Å². The number of nitrogens with one attached hydrogen (secondary N) is 1. The number of benzene rings is 1. The van der Waals surface area contributed by atoms with Crippen LogP contribution in [0, 0.1) is 18.6 Å². The van der Waals surface area contributed by atoms with E-state index >= 15 is 0 Å². The standard InChI is InChI=1S/C10H9F2N3O/c1-6-14-9(15-16-6)5-13-10-7(11)3-2-4-8(10)12/h2-4,13H,5H2,1H3. The van der Waals surface area contributed by atoms with E-state index in [1.807, 2.05) is 0 Å². The molecule has 2 rings (SSSR count). The van der Waals surface area contributed by atoms with Gasteiger partial charge in [-0.1, -0.05) is 11.2 Å². The van der Waals surface area contributed by atoms with E-state index in [1.54, 1.807) is 6.92 Å². The van der Waals surface area contributed by atoms with Gasteiger partial charge in [0.2, 0.25) is 5.89 Å². The van der Waals surface area contributed by atoms with Gasteiger partial charge in [-0.2, -0.15) is 4.98 Å². The van der Waals surface area contributed by atoms with E-state index < -0.39 is 11.6 Å². The molecule has 0 radical (unpaired) electrons. The summed E-state index contributed by atoms with van der Waals surface area (Å²) in [6.45, 7) is 1.75. The van der Waals surface area contributed by atoms with Crippen molar-refractivity contribution in [1.29, 1.82) is 0 Å². The third-order valence-electron chi connectivity index (χ3n) is 1.96. The summed E-state index contributed by atoms with van der Waals surface area (Å²) in [6, 6.07) is 3.65. The zero-order valence-electron chi connectivity index (χ0n) is 8.50. The highest BCUT2D eigenvalue weighted by molar-refractivity contribution is 5.45. The molecular formula is C10H9F2N3O. The molecule has 2 aromatic rings. The molecule has 0 spiro atoms. The summed E-state index contributed by atoms with van der Waals surface area (Å²) >= 11 is 0. The molecule has 0 fully saturated rings. The quantitative estimate of drug-likeness (QED) is 0.870. The maximum Gasteiger partial charge on any atom is 0.223 e. The summed E-state index contributed by atoms with van der Waals surface area (Å²) in [4.78, 5) is 3.90. The Bertz CT molecular complexity index is 478. The van der Waals surface area contributed by atoms with Crippen LogP contribution >= 0.6 is 0 Å². The fraction of sp³-hybridized carbons (Fsp3) is 0.200. The van der Waals surface area contributed by atoms with E-state index in [0.717, 1.165) is 0 Å². The lowest BCUT2D eigenvalue weighted by atomic mass is 10.3. The predicted octanol–water partition coefficient (Wildman–Crippen LogP) is 2.27. The molecule has 1 aromatic heterocycles. The summed E-state index contributed by atoms with van der Waals surface area (Å²) in [7, 11) is 0. The summed E-state index contributed by atoms with van der Waals surface area (Å²) in [5.41, 5.74) is -0.190. The lowest BCUT2D eigenvalue weighted by Crippen LogP contribution is -2.05. The highest BCUT2D eigenvalue weighted by Crippen LogP contribution is 2.18. The first-order valence-corrected chi connectivity index (χ1v) is 4.64. The van der Waals surface area contributed by atoms with Crippen LogP contribution in [0.5, 0.6) is 0 Å². The smallest absolute Gasteiger partial charge is 0.223 e. The summed E-state index contributed by atoms with van der Waals surface area (Å²) in [5.74, 6) is -0.550. The third kappa shape index (κ3) is 2.16. The lowest BCUT2D eigenvalue weighted by Gasteiger charge is -2.05. The average Bonchev–Trinajstić information content (AvgIpc) is 2.63. The molecule has 16 heavy (non-hydrogen) atoms. The van der Waals surface area contributed by atoms with Gasteiger partial charge in [-0.15, -0.1) is 0 Å². The summed E-state index contributed by atoms with van der Waals surface area (Å²) in [5, 5.41) is 6.17. The number of halogens is 2. The SMILES string of the molecule is Cc1nc(CNc2c(F)cccc2F)no1. The van der Waals surface area contributed by atoms with Crippen molar-refractivity contribution in [3.8, 4) is 0 Å². The first-order valence-electron chi connectivity index (χ1n) is 4.64. The molecule has 0 unspecified atom stereocenters. The van der Waals surface area contributed by atoms with Crippen LogP contribution in [0.15, 0.2) is 22.7 Å². The van der Waals surface area contributed by atoms with Crippen molar-refractivity contribution in [3.63, 3.8) is 0 Å². The van der Waals surface area contributed by atoms with Gasteiger partial charge in [0.1, 0.15) is 17.3 Å². The zero-order valence-corrected chi connectivity index (χ0v) is 8.50. The zero-order chi connectivity index (χ0) is 11.5. The second kappa shape index (κ2) is 4.26. The van der Waals surface area contributed by atoms with Gasteiger partial charge in [0.15, 0.2) is 5.82 Å². The predicted molar refractivity (Wildman–Crippen MR) is 52.7 cm³/mol. The average molecular weight is 225 g/mol. The van der Waals surface area contributed by atoms with E-state index in [4.69, 9.17) is 4.52 Å². The summed E-state index contributed by atoms with van der Waals surface area (Å²) < 4.78 is 31.1. The number of aromatic nitrogens is 2. The molecule has 6 heteroatoms. The van der Waals surface area contributed by atoms with Crippen LogP contribution in [-0.4, -0.2) is 10.1 Å². The number of hydrogen-bond donors (Lipinski definition) is 1. The molecule has 1 heterocycles. The molecule has 0 saturated carbocycles. The van der Waals surface area contributed by atoms with Gasteiger partial charge >= 0.3 is 0 Å². The molecule has 0 aliphatic rings. The Morgan fingerprint density at radius 2 is 2.00 bits per heavy atom. The first kappa shape index (κ1) is 10.5. The Labute approximate surface area is 90.3 Å². The Kier molecular flexibility index (Phi) is 2.80. The number of anilines is 1. The molecule has 0 aliphatic carbocycles. The second-order valence-electron chi connectivity index (χ2n) is 3.18. The third-order valence-corrected chi connectivity index (χ3v) is 1.96. The van der Waals surface area contributed by atoms with Crippen LogP contribution in [0.2, 0.25) is 0 Å². The number of nitrogens with zero attached hydrogens (tertiary/aromatic N) is 2. The van der Waals surface area contributed by atoms with Gasteiger partial charge in [-0.3, -0.25) is 0 Å². The van der Waals surface area contributed by atoms with E-state index in [9.17, 15) is 8.78 Å². The maximum absolute atomic E-state index is 13.2. The van der Waals surface area contributed by atoms with Gasteiger partial charge in [0, 0.05) is 6.92 Å². The van der Waals surface area contributed by atoms with Crippen LogP contribution < -0.4 is 5.32 Å². The minimum absolute atomic E-state index is 0.106. The van der Waals surface area contributed by atoms with Crippen molar-refractivity contribution in [2.75, 3.05) is 5.32 Å². The van der Waals surface area contributed by atoms with Crippen LogP contribution in [0.3, 0.4) is 0 Å². The minimum Gasteiger partial charge on any atom is -0.373 e. The van der Waals surface area contributed by atoms with Crippen molar-refractivity contribution >= 4 is 5.69 Å². The molecule has 0 saturated heterocycles. The van der Waals surface area contributed by atoms with Crippen molar-refractivity contribution in [3.05, 3.63) is 41.5 Å². The van der Waals surface area contributed by atoms with E-state index in [2.05, 4.69) is 15.5 Å². The molecule has 0 amide bonds. The monoisotopic (exact) mass is 225 g/mol. The summed E-state index contributed by atoms with van der Waals surface area (Å²) in [6.07, 6.45) is 0. The Morgan fingerprint density at radius 1 is 1.31 bits per heavy atom. The molecule has 0 bridgehead atoms. The van der Waals surface area contributed by atoms with Gasteiger partial charge in [-0.25, -0.2) is 8.78 Å². The van der Waals surface area contributed by atoms with Crippen LogP contribution in [-0.2, 0) is 6.54 Å². The number of hydrogen-bond acceptors (Lipinski definition) is 4. The Hall–Kier alpha value is -1.98. The Morgan fingerprint density at radius 3 is 2.56 bits per heavy atom. The van der Waals surface area contributed by atoms with Crippen molar-refractivity contribution < 1.29 is 13.3 Å². The topological polar surface area (TPSA) is 51.0 Å². The van der Waals surface area contributed by atoms with Crippen molar-refractivity contribution in [1.82, 2.24) is 10.1 Å². The van der Waals surface area contributed by atoms with E-state index in [0.29, 0.717) is 11.7 Å². The Balaban J connectivity index is 2.10. The minimum atomic E-state index is -0.653. The van der Waals surface area contributed by atoms with Gasteiger partial charge < -0.3 is 9.84 Å². The molecule has 4 nitrogen and oxygen atoms in total. The van der Waals surface area contributed by atoms with Crippen LogP contribution in [0.4, 0.5) is 14.5 Å². The van der Waals surface area contributed by atoms with Crippen LogP contribution in [0.1, 0.15) is 11.7 Å². The molecule has 0 aliphatic heterocycles. The number of rotatable bonds is 3. The molecule has 1 N–H and O–H groups in total. The van der Waals surface area contributed by atoms with Gasteiger partial charge in [0.25, 0.3) is 0 Å². The van der Waals surface area contributed by atoms with Crippen molar-refractivity contribution in [2.24, 2.45) is 0 Å². The molecule has 1 aromatic carbocycles. The molecule has 84 valence electrons. The number of para-hydroxylation sites is 1. The molecule has 0 atom stereocenters. The fourth-order valence-corrected chi connectivity index (χ4v) is 1.25. The largest absolute Gasteiger partial charge is 0.373 e. The van der Waals surface area contributed by atoms with Crippen molar-refractivity contribution in [2.45, 2.75) is 13.5 Å². The highest BCUT2D eigenvalue weighted by atomic mass is 19.1. The fourth-order valence-electron chi connectivity index (χ4n) is 1.25. The van der Waals surface area contributed by atoms with E-state index in [-0.39, 0.29) is 12.2 Å². The van der Waals surface area contributed by atoms with Gasteiger partial charge in [-0.05, 0) is 12.1 Å². The van der Waals surface area contributed by atoms with Gasteiger partial charge in [0.05, 0.1) is 6.54 Å². The second-order valence-corrected chi connectivity index (χ2v) is 3.18. The number of aryl methyl sites for hydroxylation is 1. The highest BCUT2D eigenvalue weighted by Gasteiger charge is 2.09.